The highest BCUT2D eigenvalue weighted by Gasteiger charge is 2.38. The molecule has 0 N–H and O–H groups in total. The highest BCUT2D eigenvalue weighted by atomic mass is 16.7. The van der Waals surface area contributed by atoms with Crippen molar-refractivity contribution in [2.45, 2.75) is 18.4 Å². The van der Waals surface area contributed by atoms with Gasteiger partial charge in [0.15, 0.2) is 6.29 Å². The Bertz CT molecular complexity index is 223. The molecule has 2 aliphatic rings. The fourth-order valence-electron chi connectivity index (χ4n) is 2.54. The lowest BCUT2D eigenvalue weighted by Crippen LogP contribution is -2.48. The van der Waals surface area contributed by atoms with Gasteiger partial charge in [0, 0.05) is 46.4 Å². The second kappa shape index (κ2) is 5.42. The molecule has 2 atom stereocenters. The van der Waals surface area contributed by atoms with Crippen LogP contribution in [-0.2, 0) is 14.2 Å². The van der Waals surface area contributed by atoms with E-state index in [0.29, 0.717) is 12.1 Å². The maximum Gasteiger partial charge on any atom is 0.169 e. The van der Waals surface area contributed by atoms with Crippen LogP contribution in [0.4, 0.5) is 0 Å². The van der Waals surface area contributed by atoms with E-state index in [2.05, 4.69) is 16.8 Å². The summed E-state index contributed by atoms with van der Waals surface area (Å²) in [5, 5.41) is 0. The highest BCUT2D eigenvalue weighted by Crippen LogP contribution is 2.21. The molecule has 0 spiro atoms. The van der Waals surface area contributed by atoms with E-state index in [4.69, 9.17) is 14.2 Å². The molecule has 16 heavy (non-hydrogen) atoms. The Labute approximate surface area is 97.2 Å². The molecular formula is C11H22N2O3. The molecule has 5 heteroatoms. The maximum atomic E-state index is 5.79. The number of morpholine rings is 1. The normalized spacial score (nSPS) is 32.2. The van der Waals surface area contributed by atoms with E-state index in [1.54, 1.807) is 14.2 Å². The standard InChI is InChI=1S/C11H22N2O3/c1-12-4-5-16-10-7-13(6-9(10)12)8-11(14-2)15-3/h9-11H,4-8H2,1-3H3/t9-,10+/m0/s1. The monoisotopic (exact) mass is 230 g/mol. The summed E-state index contributed by atoms with van der Waals surface area (Å²) in [6.07, 6.45) is 0.221. The summed E-state index contributed by atoms with van der Waals surface area (Å²) in [4.78, 5) is 4.75. The van der Waals surface area contributed by atoms with Crippen LogP contribution in [0.5, 0.6) is 0 Å². The molecule has 2 aliphatic heterocycles. The summed E-state index contributed by atoms with van der Waals surface area (Å²) >= 11 is 0. The van der Waals surface area contributed by atoms with E-state index in [1.807, 2.05) is 0 Å². The number of rotatable bonds is 4. The van der Waals surface area contributed by atoms with E-state index < -0.39 is 0 Å². The Morgan fingerprint density at radius 2 is 2.06 bits per heavy atom. The minimum absolute atomic E-state index is 0.134. The van der Waals surface area contributed by atoms with Gasteiger partial charge in [-0.2, -0.15) is 0 Å². The number of likely N-dealkylation sites (tertiary alicyclic amines) is 1. The lowest BCUT2D eigenvalue weighted by molar-refractivity contribution is -0.115. The van der Waals surface area contributed by atoms with Crippen molar-refractivity contribution in [3.63, 3.8) is 0 Å². The second-order valence-corrected chi connectivity index (χ2v) is 4.58. The Morgan fingerprint density at radius 3 is 2.69 bits per heavy atom. The van der Waals surface area contributed by atoms with Crippen LogP contribution in [0.2, 0.25) is 0 Å². The third kappa shape index (κ3) is 2.55. The Morgan fingerprint density at radius 1 is 1.31 bits per heavy atom. The zero-order chi connectivity index (χ0) is 11.5. The first-order chi connectivity index (χ1) is 7.74. The molecule has 0 aliphatic carbocycles. The molecule has 2 rings (SSSR count). The minimum Gasteiger partial charge on any atom is -0.374 e. The third-order valence-corrected chi connectivity index (χ3v) is 3.59. The number of ether oxygens (including phenoxy) is 3. The molecule has 0 amide bonds. The summed E-state index contributed by atoms with van der Waals surface area (Å²) in [6, 6.07) is 0.531. The first kappa shape index (κ1) is 12.3. The molecular weight excluding hydrogens is 208 g/mol. The van der Waals surface area contributed by atoms with Crippen LogP contribution >= 0.6 is 0 Å². The number of fused-ring (bicyclic) bond motifs is 1. The highest BCUT2D eigenvalue weighted by molar-refractivity contribution is 4.93. The summed E-state index contributed by atoms with van der Waals surface area (Å²) in [6.45, 7) is 4.73. The molecule has 0 aromatic heterocycles. The van der Waals surface area contributed by atoms with Gasteiger partial charge in [0.2, 0.25) is 0 Å². The predicted octanol–water partition coefficient (Wildman–Crippen LogP) is -0.380. The molecule has 2 fully saturated rings. The number of nitrogens with zero attached hydrogens (tertiary/aromatic N) is 2. The first-order valence-corrected chi connectivity index (χ1v) is 5.84. The molecule has 2 saturated heterocycles. The lowest BCUT2D eigenvalue weighted by Gasteiger charge is -2.33. The van der Waals surface area contributed by atoms with Crippen molar-refractivity contribution in [3.05, 3.63) is 0 Å². The van der Waals surface area contributed by atoms with Gasteiger partial charge in [0.25, 0.3) is 0 Å². The van der Waals surface area contributed by atoms with E-state index >= 15 is 0 Å². The zero-order valence-electron chi connectivity index (χ0n) is 10.4. The zero-order valence-corrected chi connectivity index (χ0v) is 10.4. The number of hydrogen-bond acceptors (Lipinski definition) is 5. The lowest BCUT2D eigenvalue weighted by atomic mass is 10.1. The van der Waals surface area contributed by atoms with Gasteiger partial charge in [-0.1, -0.05) is 0 Å². The number of methoxy groups -OCH3 is 2. The van der Waals surface area contributed by atoms with Crippen LogP contribution in [0.15, 0.2) is 0 Å². The molecule has 0 saturated carbocycles. The van der Waals surface area contributed by atoms with E-state index in [9.17, 15) is 0 Å². The Kier molecular flexibility index (Phi) is 4.16. The molecule has 0 radical (unpaired) electrons. The predicted molar refractivity (Wildman–Crippen MR) is 60.4 cm³/mol. The summed E-state index contributed by atoms with van der Waals surface area (Å²) < 4.78 is 16.2. The average molecular weight is 230 g/mol. The molecule has 94 valence electrons. The number of hydrogen-bond donors (Lipinski definition) is 0. The Balaban J connectivity index is 1.86. The van der Waals surface area contributed by atoms with Gasteiger partial charge >= 0.3 is 0 Å². The van der Waals surface area contributed by atoms with Gasteiger partial charge in [0.1, 0.15) is 0 Å². The van der Waals surface area contributed by atoms with E-state index in [0.717, 1.165) is 32.8 Å². The van der Waals surface area contributed by atoms with Crippen LogP contribution in [0, 0.1) is 0 Å². The van der Waals surface area contributed by atoms with E-state index in [-0.39, 0.29) is 6.29 Å². The summed E-state index contributed by atoms with van der Waals surface area (Å²) in [7, 11) is 5.54. The van der Waals surface area contributed by atoms with Gasteiger partial charge in [-0.15, -0.1) is 0 Å². The first-order valence-electron chi connectivity index (χ1n) is 5.84. The van der Waals surface area contributed by atoms with Crippen LogP contribution in [0.1, 0.15) is 0 Å². The maximum absolute atomic E-state index is 5.79. The molecule has 0 aromatic carbocycles. The quantitative estimate of drug-likeness (QED) is 0.615. The van der Waals surface area contributed by atoms with Gasteiger partial charge in [-0.05, 0) is 7.05 Å². The fraction of sp³-hybridized carbons (Fsp3) is 1.00. The molecule has 2 heterocycles. The van der Waals surface area contributed by atoms with Crippen molar-refractivity contribution in [2.24, 2.45) is 0 Å². The van der Waals surface area contributed by atoms with Crippen molar-refractivity contribution in [1.82, 2.24) is 9.80 Å². The molecule has 0 aromatic rings. The number of likely N-dealkylation sites (N-methyl/N-ethyl adjacent to an activating group) is 1. The van der Waals surface area contributed by atoms with Crippen LogP contribution in [0.25, 0.3) is 0 Å². The Hall–Kier alpha value is -0.200. The summed E-state index contributed by atoms with van der Waals surface area (Å²) in [5.41, 5.74) is 0. The average Bonchev–Trinajstić information content (AvgIpc) is 2.70. The molecule has 0 unspecified atom stereocenters. The van der Waals surface area contributed by atoms with Crippen LogP contribution in [-0.4, -0.2) is 82.3 Å². The van der Waals surface area contributed by atoms with Gasteiger partial charge in [0.05, 0.1) is 12.7 Å². The van der Waals surface area contributed by atoms with E-state index in [1.165, 1.54) is 0 Å². The van der Waals surface area contributed by atoms with Crippen molar-refractivity contribution in [3.8, 4) is 0 Å². The SMILES string of the molecule is COC(CN1C[C@H]2OCCN(C)[C@H]2C1)OC. The van der Waals surface area contributed by atoms with Crippen LogP contribution < -0.4 is 0 Å². The van der Waals surface area contributed by atoms with Gasteiger partial charge < -0.3 is 14.2 Å². The second-order valence-electron chi connectivity index (χ2n) is 4.58. The van der Waals surface area contributed by atoms with Crippen molar-refractivity contribution >= 4 is 0 Å². The summed E-state index contributed by atoms with van der Waals surface area (Å²) in [5.74, 6) is 0. The topological polar surface area (TPSA) is 34.2 Å². The molecule has 0 bridgehead atoms. The van der Waals surface area contributed by atoms with Crippen molar-refractivity contribution < 1.29 is 14.2 Å². The van der Waals surface area contributed by atoms with Crippen molar-refractivity contribution in [1.29, 1.82) is 0 Å². The largest absolute Gasteiger partial charge is 0.374 e. The smallest absolute Gasteiger partial charge is 0.169 e. The van der Waals surface area contributed by atoms with Gasteiger partial charge in [-0.25, -0.2) is 0 Å². The third-order valence-electron chi connectivity index (χ3n) is 3.59. The van der Waals surface area contributed by atoms with Gasteiger partial charge in [-0.3, -0.25) is 9.80 Å². The fourth-order valence-corrected chi connectivity index (χ4v) is 2.54. The van der Waals surface area contributed by atoms with Crippen molar-refractivity contribution in [2.75, 3.05) is 54.1 Å². The van der Waals surface area contributed by atoms with Crippen LogP contribution in [0.3, 0.4) is 0 Å². The minimum atomic E-state index is -0.134. The molecule has 5 nitrogen and oxygen atoms in total.